The molecule has 1 aromatic carbocycles. The van der Waals surface area contributed by atoms with E-state index in [0.29, 0.717) is 19.6 Å². The van der Waals surface area contributed by atoms with Crippen molar-refractivity contribution in [2.45, 2.75) is 43.8 Å². The Morgan fingerprint density at radius 2 is 1.78 bits per heavy atom. The summed E-state index contributed by atoms with van der Waals surface area (Å²) in [5.74, 6) is 0.891. The summed E-state index contributed by atoms with van der Waals surface area (Å²) < 4.78 is 25.4. The predicted octanol–water partition coefficient (Wildman–Crippen LogP) is 2.15. The molecule has 0 saturated carbocycles. The number of pyridine rings is 1. The number of para-hydroxylation sites is 1. The summed E-state index contributed by atoms with van der Waals surface area (Å²) in [7, 11) is -3.27. The number of sulfone groups is 1. The van der Waals surface area contributed by atoms with Gasteiger partial charge in [0.1, 0.15) is 5.82 Å². The van der Waals surface area contributed by atoms with Gasteiger partial charge < -0.3 is 9.80 Å². The highest BCUT2D eigenvalue weighted by Gasteiger charge is 2.33. The van der Waals surface area contributed by atoms with Gasteiger partial charge in [0.15, 0.2) is 9.84 Å². The van der Waals surface area contributed by atoms with Gasteiger partial charge in [0.2, 0.25) is 5.91 Å². The topological polar surface area (TPSA) is 91.6 Å². The summed E-state index contributed by atoms with van der Waals surface area (Å²) in [5.41, 5.74) is 3.19. The second-order valence-electron chi connectivity index (χ2n) is 9.85. The van der Waals surface area contributed by atoms with E-state index in [1.165, 1.54) is 12.5 Å². The predicted molar refractivity (Wildman–Crippen MR) is 138 cm³/mol. The van der Waals surface area contributed by atoms with Crippen LogP contribution in [0.5, 0.6) is 0 Å². The number of hydrogen-bond acceptors (Lipinski definition) is 7. The Labute approximate surface area is 212 Å². The van der Waals surface area contributed by atoms with E-state index in [1.54, 1.807) is 12.1 Å². The van der Waals surface area contributed by atoms with Crippen LogP contribution in [-0.4, -0.2) is 83.4 Å². The molecule has 4 heterocycles. The van der Waals surface area contributed by atoms with Gasteiger partial charge in [-0.1, -0.05) is 18.2 Å². The molecule has 3 aromatic rings. The second kappa shape index (κ2) is 9.67. The number of fused-ring (bicyclic) bond motifs is 1. The average Bonchev–Trinajstić information content (AvgIpc) is 3.30. The van der Waals surface area contributed by atoms with E-state index >= 15 is 0 Å². The summed E-state index contributed by atoms with van der Waals surface area (Å²) in [5, 5.41) is 4.73. The van der Waals surface area contributed by atoms with Crippen molar-refractivity contribution >= 4 is 21.6 Å². The van der Waals surface area contributed by atoms with Crippen LogP contribution >= 0.6 is 0 Å². The number of amides is 1. The molecule has 36 heavy (non-hydrogen) atoms. The second-order valence-corrected chi connectivity index (χ2v) is 11.9. The van der Waals surface area contributed by atoms with E-state index in [4.69, 9.17) is 5.10 Å². The van der Waals surface area contributed by atoms with Crippen LogP contribution in [0.3, 0.4) is 0 Å². The summed E-state index contributed by atoms with van der Waals surface area (Å²) in [6.07, 6.45) is 5.40. The SMILES string of the molecule is C[C@@H]1CN(c2ccc(S(C)(=O)=O)cn2)C[C@H](C)N1CC(=O)N1CCc2nn(-c3ccccc3)cc2C1. The number of hydrogen-bond donors (Lipinski definition) is 0. The van der Waals surface area contributed by atoms with Crippen molar-refractivity contribution < 1.29 is 13.2 Å². The number of piperazine rings is 1. The van der Waals surface area contributed by atoms with Crippen LogP contribution in [0.25, 0.3) is 5.69 Å². The molecular weight excluding hydrogens is 476 g/mol. The van der Waals surface area contributed by atoms with Crippen LogP contribution in [0.1, 0.15) is 25.1 Å². The minimum Gasteiger partial charge on any atom is -0.354 e. The molecule has 1 amide bonds. The molecule has 2 atom stereocenters. The van der Waals surface area contributed by atoms with Gasteiger partial charge in [0.25, 0.3) is 0 Å². The summed E-state index contributed by atoms with van der Waals surface area (Å²) in [6.45, 7) is 7.32. The molecule has 0 aliphatic carbocycles. The van der Waals surface area contributed by atoms with Gasteiger partial charge in [-0.25, -0.2) is 18.1 Å². The van der Waals surface area contributed by atoms with E-state index in [-0.39, 0.29) is 22.9 Å². The molecule has 2 aliphatic rings. The van der Waals surface area contributed by atoms with Crippen LogP contribution in [0.2, 0.25) is 0 Å². The van der Waals surface area contributed by atoms with E-state index in [2.05, 4.69) is 28.6 Å². The van der Waals surface area contributed by atoms with Gasteiger partial charge in [-0.3, -0.25) is 9.69 Å². The Morgan fingerprint density at radius 1 is 1.06 bits per heavy atom. The Morgan fingerprint density at radius 3 is 2.42 bits per heavy atom. The lowest BCUT2D eigenvalue weighted by molar-refractivity contribution is -0.134. The normalized spacial score (nSPS) is 20.9. The Hall–Kier alpha value is -3.24. The minimum absolute atomic E-state index is 0.135. The van der Waals surface area contributed by atoms with E-state index < -0.39 is 9.84 Å². The lowest BCUT2D eigenvalue weighted by Gasteiger charge is -2.45. The van der Waals surface area contributed by atoms with Crippen LogP contribution in [0.4, 0.5) is 5.82 Å². The first kappa shape index (κ1) is 24.5. The maximum absolute atomic E-state index is 13.3. The van der Waals surface area contributed by atoms with Crippen molar-refractivity contribution in [3.05, 3.63) is 66.1 Å². The zero-order chi connectivity index (χ0) is 25.4. The maximum atomic E-state index is 13.3. The lowest BCUT2D eigenvalue weighted by Crippen LogP contribution is -2.59. The third kappa shape index (κ3) is 5.01. The standard InChI is InChI=1S/C26H32N6O3S/c1-19-14-30(25-10-9-23(13-27-25)36(3,34)35)15-20(2)31(19)18-26(33)29-12-11-24-21(16-29)17-32(28-24)22-7-5-4-6-8-22/h4-10,13,17,19-20H,11-12,14-16,18H2,1-3H3/t19-,20+. The number of benzene rings is 1. The first-order chi connectivity index (χ1) is 17.2. The molecule has 5 rings (SSSR count). The highest BCUT2D eigenvalue weighted by atomic mass is 32.2. The molecule has 2 aromatic heterocycles. The van der Waals surface area contributed by atoms with Gasteiger partial charge in [-0.05, 0) is 38.1 Å². The van der Waals surface area contributed by atoms with E-state index in [0.717, 1.165) is 42.3 Å². The molecule has 10 heteroatoms. The van der Waals surface area contributed by atoms with E-state index in [9.17, 15) is 13.2 Å². The van der Waals surface area contributed by atoms with Crippen LogP contribution in [-0.2, 0) is 27.6 Å². The Bertz CT molecular complexity index is 1330. The molecule has 0 radical (unpaired) electrons. The number of nitrogens with zero attached hydrogens (tertiary/aromatic N) is 6. The third-order valence-electron chi connectivity index (χ3n) is 7.12. The van der Waals surface area contributed by atoms with Crippen molar-refractivity contribution in [2.75, 3.05) is 37.3 Å². The summed E-state index contributed by atoms with van der Waals surface area (Å²) in [4.78, 5) is 24.3. The van der Waals surface area contributed by atoms with Gasteiger partial charge >= 0.3 is 0 Å². The number of carbonyl (C=O) groups is 1. The highest BCUT2D eigenvalue weighted by molar-refractivity contribution is 7.90. The fraction of sp³-hybridized carbons (Fsp3) is 0.423. The molecule has 0 N–H and O–H groups in total. The largest absolute Gasteiger partial charge is 0.354 e. The number of rotatable bonds is 5. The fourth-order valence-corrected chi connectivity index (χ4v) is 5.69. The molecular formula is C26H32N6O3S. The van der Waals surface area contributed by atoms with Crippen LogP contribution in [0, 0.1) is 0 Å². The first-order valence-electron chi connectivity index (χ1n) is 12.3. The zero-order valence-electron chi connectivity index (χ0n) is 20.9. The van der Waals surface area contributed by atoms with Crippen LogP contribution < -0.4 is 4.90 Å². The minimum atomic E-state index is -3.27. The third-order valence-corrected chi connectivity index (χ3v) is 8.22. The molecule has 2 aliphatic heterocycles. The van der Waals surface area contributed by atoms with E-state index in [1.807, 2.05) is 46.1 Å². The number of anilines is 1. The molecule has 1 saturated heterocycles. The smallest absolute Gasteiger partial charge is 0.237 e. The van der Waals surface area contributed by atoms with Gasteiger partial charge in [0.05, 0.1) is 22.8 Å². The van der Waals surface area contributed by atoms with Gasteiger partial charge in [0, 0.05) is 68.9 Å². The lowest BCUT2D eigenvalue weighted by atomic mass is 10.1. The zero-order valence-corrected chi connectivity index (χ0v) is 21.7. The Balaban J connectivity index is 1.21. The van der Waals surface area contributed by atoms with Crippen molar-refractivity contribution in [3.63, 3.8) is 0 Å². The van der Waals surface area contributed by atoms with Crippen molar-refractivity contribution in [3.8, 4) is 5.69 Å². The molecule has 190 valence electrons. The summed E-state index contributed by atoms with van der Waals surface area (Å²) in [6, 6.07) is 13.7. The van der Waals surface area contributed by atoms with Gasteiger partial charge in [-0.2, -0.15) is 5.10 Å². The molecule has 0 bridgehead atoms. The van der Waals surface area contributed by atoms with Crippen molar-refractivity contribution in [1.29, 1.82) is 0 Å². The maximum Gasteiger partial charge on any atom is 0.237 e. The monoisotopic (exact) mass is 508 g/mol. The molecule has 9 nitrogen and oxygen atoms in total. The summed E-state index contributed by atoms with van der Waals surface area (Å²) >= 11 is 0. The van der Waals surface area contributed by atoms with Crippen molar-refractivity contribution in [1.82, 2.24) is 24.6 Å². The fourth-order valence-electron chi connectivity index (χ4n) is 5.13. The van der Waals surface area contributed by atoms with Crippen molar-refractivity contribution in [2.24, 2.45) is 0 Å². The highest BCUT2D eigenvalue weighted by Crippen LogP contribution is 2.24. The number of carbonyl (C=O) groups excluding carboxylic acids is 1. The quantitative estimate of drug-likeness (QED) is 0.522. The Kier molecular flexibility index (Phi) is 6.57. The number of aromatic nitrogens is 3. The van der Waals surface area contributed by atoms with Crippen LogP contribution in [0.15, 0.2) is 59.8 Å². The first-order valence-corrected chi connectivity index (χ1v) is 14.2. The molecule has 1 fully saturated rings. The molecule has 0 spiro atoms. The van der Waals surface area contributed by atoms with Gasteiger partial charge in [-0.15, -0.1) is 0 Å². The molecule has 0 unspecified atom stereocenters. The average molecular weight is 509 g/mol.